The SMILES string of the molecule is C=C1CC(=O)CC(C)(c2ccc(=C/CCc3ccccc3)/c(=C\C)c2)C1. The molecule has 0 spiro atoms. The Morgan fingerprint density at radius 3 is 2.54 bits per heavy atom. The normalized spacial score (nSPS) is 22.1. The van der Waals surface area contributed by atoms with Gasteiger partial charge in [-0.25, -0.2) is 0 Å². The fourth-order valence-electron chi connectivity index (χ4n) is 4.08. The summed E-state index contributed by atoms with van der Waals surface area (Å²) in [5.41, 5.74) is 3.56. The zero-order valence-electron chi connectivity index (χ0n) is 15.9. The highest BCUT2D eigenvalue weighted by Gasteiger charge is 2.34. The molecule has 0 amide bonds. The number of carbonyl (C=O) groups excluding carboxylic acids is 1. The molecule has 1 aliphatic rings. The summed E-state index contributed by atoms with van der Waals surface area (Å²) < 4.78 is 0. The van der Waals surface area contributed by atoms with Crippen LogP contribution in [-0.2, 0) is 16.6 Å². The monoisotopic (exact) mass is 344 g/mol. The maximum atomic E-state index is 12.1. The summed E-state index contributed by atoms with van der Waals surface area (Å²) in [5.74, 6) is 0.310. The Labute approximate surface area is 156 Å². The van der Waals surface area contributed by atoms with Gasteiger partial charge in [-0.2, -0.15) is 0 Å². The van der Waals surface area contributed by atoms with Crippen LogP contribution in [0.4, 0.5) is 0 Å². The second kappa shape index (κ2) is 7.86. The molecule has 0 radical (unpaired) electrons. The lowest BCUT2D eigenvalue weighted by Crippen LogP contribution is -2.34. The van der Waals surface area contributed by atoms with Gasteiger partial charge in [0.25, 0.3) is 0 Å². The average Bonchev–Trinajstić information content (AvgIpc) is 2.61. The molecule has 1 saturated carbocycles. The average molecular weight is 344 g/mol. The third kappa shape index (κ3) is 4.22. The number of rotatable bonds is 4. The largest absolute Gasteiger partial charge is 0.299 e. The van der Waals surface area contributed by atoms with Gasteiger partial charge in [0.2, 0.25) is 0 Å². The quantitative estimate of drug-likeness (QED) is 0.748. The molecule has 1 fully saturated rings. The molecule has 0 aliphatic heterocycles. The highest BCUT2D eigenvalue weighted by atomic mass is 16.1. The summed E-state index contributed by atoms with van der Waals surface area (Å²) in [6.45, 7) is 8.36. The van der Waals surface area contributed by atoms with E-state index in [0.717, 1.165) is 24.8 Å². The van der Waals surface area contributed by atoms with Crippen LogP contribution in [0.3, 0.4) is 0 Å². The molecule has 1 nitrogen and oxygen atoms in total. The van der Waals surface area contributed by atoms with E-state index in [9.17, 15) is 4.79 Å². The van der Waals surface area contributed by atoms with Crippen molar-refractivity contribution in [2.24, 2.45) is 0 Å². The van der Waals surface area contributed by atoms with Crippen LogP contribution in [0.2, 0.25) is 0 Å². The van der Waals surface area contributed by atoms with Crippen molar-refractivity contribution in [2.45, 2.75) is 51.4 Å². The molecule has 0 aromatic heterocycles. The van der Waals surface area contributed by atoms with E-state index >= 15 is 0 Å². The number of hydrogen-bond donors (Lipinski definition) is 0. The number of Topliss-reactive ketones (excluding diaryl/α,β-unsaturated/α-hetero) is 1. The van der Waals surface area contributed by atoms with Crippen LogP contribution in [0.1, 0.15) is 50.7 Å². The lowest BCUT2D eigenvalue weighted by molar-refractivity contribution is -0.120. The molecule has 134 valence electrons. The molecule has 2 aromatic rings. The lowest BCUT2D eigenvalue weighted by atomic mass is 9.69. The van der Waals surface area contributed by atoms with Crippen LogP contribution in [0, 0.1) is 0 Å². The van der Waals surface area contributed by atoms with Gasteiger partial charge in [-0.3, -0.25) is 4.79 Å². The van der Waals surface area contributed by atoms with Crippen LogP contribution in [0.15, 0.2) is 60.7 Å². The van der Waals surface area contributed by atoms with Crippen molar-refractivity contribution in [3.05, 3.63) is 82.2 Å². The van der Waals surface area contributed by atoms with E-state index in [0.29, 0.717) is 18.6 Å². The van der Waals surface area contributed by atoms with Crippen molar-refractivity contribution in [1.29, 1.82) is 0 Å². The fraction of sp³-hybridized carbons (Fsp3) is 0.320. The van der Waals surface area contributed by atoms with Crippen molar-refractivity contribution in [1.82, 2.24) is 0 Å². The number of hydrogen-bond acceptors (Lipinski definition) is 1. The summed E-state index contributed by atoms with van der Waals surface area (Å²) >= 11 is 0. The Morgan fingerprint density at radius 2 is 1.85 bits per heavy atom. The van der Waals surface area contributed by atoms with Gasteiger partial charge < -0.3 is 0 Å². The molecular formula is C25H28O. The Hall–Kier alpha value is -2.41. The van der Waals surface area contributed by atoms with E-state index in [2.05, 4.69) is 81.1 Å². The Morgan fingerprint density at radius 1 is 1.08 bits per heavy atom. The number of ketones is 1. The maximum Gasteiger partial charge on any atom is 0.137 e. The molecule has 3 rings (SSSR count). The van der Waals surface area contributed by atoms with Crippen LogP contribution < -0.4 is 10.4 Å². The first kappa shape index (κ1) is 18.4. The number of allylic oxidation sites excluding steroid dienone is 1. The first-order valence-electron chi connectivity index (χ1n) is 9.49. The number of aryl methyl sites for hydroxylation is 1. The highest BCUT2D eigenvalue weighted by molar-refractivity contribution is 5.83. The molecule has 1 heteroatoms. The van der Waals surface area contributed by atoms with Gasteiger partial charge in [0.05, 0.1) is 0 Å². The molecule has 0 heterocycles. The van der Waals surface area contributed by atoms with E-state index in [-0.39, 0.29) is 5.41 Å². The Bertz CT molecular complexity index is 902. The minimum atomic E-state index is -0.118. The second-order valence-electron chi connectivity index (χ2n) is 7.74. The Kier molecular flexibility index (Phi) is 5.56. The predicted molar refractivity (Wildman–Crippen MR) is 110 cm³/mol. The first-order chi connectivity index (χ1) is 12.5. The summed E-state index contributed by atoms with van der Waals surface area (Å²) in [5, 5.41) is 2.53. The van der Waals surface area contributed by atoms with Gasteiger partial charge in [-0.05, 0) is 47.8 Å². The smallest absolute Gasteiger partial charge is 0.137 e. The summed E-state index contributed by atoms with van der Waals surface area (Å²) in [6.07, 6.45) is 8.63. The molecular weight excluding hydrogens is 316 g/mol. The van der Waals surface area contributed by atoms with Crippen LogP contribution in [-0.4, -0.2) is 5.78 Å². The summed E-state index contributed by atoms with van der Waals surface area (Å²) in [4.78, 5) is 12.1. The van der Waals surface area contributed by atoms with Gasteiger partial charge in [-0.15, -0.1) is 0 Å². The Balaban J connectivity index is 1.85. The van der Waals surface area contributed by atoms with Crippen molar-refractivity contribution in [2.75, 3.05) is 0 Å². The minimum Gasteiger partial charge on any atom is -0.299 e. The molecule has 1 atom stereocenters. The molecule has 1 unspecified atom stereocenters. The maximum absolute atomic E-state index is 12.1. The second-order valence-corrected chi connectivity index (χ2v) is 7.74. The standard InChI is InChI=1S/C25H28O/c1-4-21-16-23(25(3)17-19(2)15-24(26)18-25)14-13-22(21)12-8-11-20-9-6-5-7-10-20/h4-7,9-10,12-14,16H,2,8,11,15,17-18H2,1,3H3/b21-4-,22-12-. The zero-order valence-corrected chi connectivity index (χ0v) is 15.9. The van der Waals surface area contributed by atoms with E-state index in [4.69, 9.17) is 0 Å². The first-order valence-corrected chi connectivity index (χ1v) is 9.49. The van der Waals surface area contributed by atoms with Gasteiger partial charge in [0.15, 0.2) is 0 Å². The molecule has 26 heavy (non-hydrogen) atoms. The topological polar surface area (TPSA) is 17.1 Å². The van der Waals surface area contributed by atoms with Gasteiger partial charge in [0, 0.05) is 18.3 Å². The van der Waals surface area contributed by atoms with E-state index in [1.165, 1.54) is 21.6 Å². The van der Waals surface area contributed by atoms with Crippen LogP contribution in [0.25, 0.3) is 12.2 Å². The van der Waals surface area contributed by atoms with Crippen molar-refractivity contribution >= 4 is 17.9 Å². The van der Waals surface area contributed by atoms with E-state index < -0.39 is 0 Å². The fourth-order valence-corrected chi connectivity index (χ4v) is 4.08. The molecule has 0 saturated heterocycles. The highest BCUT2D eigenvalue weighted by Crippen LogP contribution is 2.38. The van der Waals surface area contributed by atoms with Crippen molar-refractivity contribution in [3.63, 3.8) is 0 Å². The summed E-state index contributed by atoms with van der Waals surface area (Å²) in [6, 6.07) is 17.3. The van der Waals surface area contributed by atoms with Gasteiger partial charge in [0.1, 0.15) is 5.78 Å². The van der Waals surface area contributed by atoms with E-state index in [1.807, 2.05) is 0 Å². The number of carbonyl (C=O) groups is 1. The van der Waals surface area contributed by atoms with E-state index in [1.54, 1.807) is 0 Å². The van der Waals surface area contributed by atoms with Crippen molar-refractivity contribution in [3.8, 4) is 0 Å². The molecule has 1 aliphatic carbocycles. The van der Waals surface area contributed by atoms with Crippen LogP contribution >= 0.6 is 0 Å². The number of benzene rings is 2. The van der Waals surface area contributed by atoms with Crippen molar-refractivity contribution < 1.29 is 4.79 Å². The molecule has 0 bridgehead atoms. The third-order valence-electron chi connectivity index (χ3n) is 5.41. The molecule has 0 N–H and O–H groups in total. The molecule has 2 aromatic carbocycles. The minimum absolute atomic E-state index is 0.118. The summed E-state index contributed by atoms with van der Waals surface area (Å²) in [7, 11) is 0. The van der Waals surface area contributed by atoms with Gasteiger partial charge >= 0.3 is 0 Å². The van der Waals surface area contributed by atoms with Crippen LogP contribution in [0.5, 0.6) is 0 Å². The van der Waals surface area contributed by atoms with Gasteiger partial charge in [-0.1, -0.05) is 79.8 Å². The predicted octanol–water partition coefficient (Wildman–Crippen LogP) is 4.47. The lowest BCUT2D eigenvalue weighted by Gasteiger charge is -2.34. The third-order valence-corrected chi connectivity index (χ3v) is 5.41. The zero-order chi connectivity index (χ0) is 18.6.